The Morgan fingerprint density at radius 1 is 1.26 bits per heavy atom. The van der Waals surface area contributed by atoms with Gasteiger partial charge >= 0.3 is 5.69 Å². The Bertz CT molecular complexity index is 964. The molecule has 2 amide bonds. The van der Waals surface area contributed by atoms with E-state index in [-0.39, 0.29) is 30.8 Å². The number of nitrogens with zero attached hydrogens (tertiary/aromatic N) is 2. The standard InChI is InChI=1S/C18H23N5O4/c19-7-8-20-16(25)12-4-3-9-22(10-12)15(24)11-23-17(26)13-5-1-2-6-14(13)21-18(23)27/h1-2,5-6,12H,3-4,7-11,19H2,(H,20,25)(H,21,27). The molecule has 0 spiro atoms. The van der Waals surface area contributed by atoms with Gasteiger partial charge in [0.05, 0.1) is 16.8 Å². The number of para-hydroxylation sites is 1. The van der Waals surface area contributed by atoms with Gasteiger partial charge in [0.25, 0.3) is 5.56 Å². The number of benzene rings is 1. The molecule has 1 atom stereocenters. The Morgan fingerprint density at radius 2 is 2.04 bits per heavy atom. The van der Waals surface area contributed by atoms with E-state index in [0.29, 0.717) is 43.4 Å². The van der Waals surface area contributed by atoms with Gasteiger partial charge in [-0.1, -0.05) is 12.1 Å². The first-order valence-corrected chi connectivity index (χ1v) is 8.98. The molecule has 1 aliphatic heterocycles. The van der Waals surface area contributed by atoms with Crippen molar-refractivity contribution in [2.75, 3.05) is 26.2 Å². The minimum atomic E-state index is -0.624. The lowest BCUT2D eigenvalue weighted by molar-refractivity contribution is -0.136. The van der Waals surface area contributed by atoms with Gasteiger partial charge in [0.1, 0.15) is 6.54 Å². The van der Waals surface area contributed by atoms with Crippen LogP contribution in [-0.4, -0.2) is 52.4 Å². The van der Waals surface area contributed by atoms with Crippen LogP contribution in [0.2, 0.25) is 0 Å². The van der Waals surface area contributed by atoms with E-state index in [4.69, 9.17) is 5.73 Å². The van der Waals surface area contributed by atoms with Crippen LogP contribution in [0.15, 0.2) is 33.9 Å². The van der Waals surface area contributed by atoms with Gasteiger partial charge in [-0.05, 0) is 25.0 Å². The quantitative estimate of drug-likeness (QED) is 0.619. The van der Waals surface area contributed by atoms with Gasteiger partial charge in [0.2, 0.25) is 11.8 Å². The Labute approximate surface area is 155 Å². The molecule has 1 aliphatic rings. The summed E-state index contributed by atoms with van der Waals surface area (Å²) in [7, 11) is 0. The van der Waals surface area contributed by atoms with Crippen LogP contribution in [0, 0.1) is 5.92 Å². The van der Waals surface area contributed by atoms with Crippen LogP contribution >= 0.6 is 0 Å². The van der Waals surface area contributed by atoms with Crippen molar-refractivity contribution >= 4 is 22.7 Å². The SMILES string of the molecule is NCCNC(=O)C1CCCN(C(=O)Cn2c(=O)[nH]c3ccccc3c2=O)C1. The molecule has 1 aromatic heterocycles. The molecule has 3 rings (SSSR count). The van der Waals surface area contributed by atoms with Crippen LogP contribution in [0.1, 0.15) is 12.8 Å². The van der Waals surface area contributed by atoms with Crippen LogP contribution in [-0.2, 0) is 16.1 Å². The minimum Gasteiger partial charge on any atom is -0.355 e. The molecule has 9 nitrogen and oxygen atoms in total. The highest BCUT2D eigenvalue weighted by Gasteiger charge is 2.28. The zero-order chi connectivity index (χ0) is 19.4. The largest absolute Gasteiger partial charge is 0.355 e. The molecule has 4 N–H and O–H groups in total. The summed E-state index contributed by atoms with van der Waals surface area (Å²) < 4.78 is 0.906. The molecule has 1 saturated heterocycles. The third kappa shape index (κ3) is 4.08. The van der Waals surface area contributed by atoms with Crippen molar-refractivity contribution in [3.8, 4) is 0 Å². The zero-order valence-corrected chi connectivity index (χ0v) is 14.9. The molecule has 1 fully saturated rings. The average molecular weight is 373 g/mol. The van der Waals surface area contributed by atoms with E-state index in [1.165, 1.54) is 4.90 Å². The normalized spacial score (nSPS) is 17.1. The second-order valence-corrected chi connectivity index (χ2v) is 6.63. The highest BCUT2D eigenvalue weighted by Crippen LogP contribution is 2.17. The number of hydrogen-bond acceptors (Lipinski definition) is 5. The molecular formula is C18H23N5O4. The lowest BCUT2D eigenvalue weighted by Gasteiger charge is -2.32. The van der Waals surface area contributed by atoms with Crippen molar-refractivity contribution < 1.29 is 9.59 Å². The number of aromatic amines is 1. The van der Waals surface area contributed by atoms with E-state index < -0.39 is 11.2 Å². The number of carbonyl (C=O) groups excluding carboxylic acids is 2. The smallest absolute Gasteiger partial charge is 0.329 e. The number of H-pyrrole nitrogens is 1. The summed E-state index contributed by atoms with van der Waals surface area (Å²) in [6, 6.07) is 6.66. The van der Waals surface area contributed by atoms with E-state index in [1.54, 1.807) is 24.3 Å². The maximum absolute atomic E-state index is 12.7. The third-order valence-corrected chi connectivity index (χ3v) is 4.77. The molecule has 0 radical (unpaired) electrons. The second-order valence-electron chi connectivity index (χ2n) is 6.63. The first-order chi connectivity index (χ1) is 13.0. The number of piperidine rings is 1. The van der Waals surface area contributed by atoms with Gasteiger partial charge in [0, 0.05) is 26.2 Å². The molecule has 1 unspecified atom stereocenters. The average Bonchev–Trinajstić information content (AvgIpc) is 2.69. The maximum atomic E-state index is 12.7. The summed E-state index contributed by atoms with van der Waals surface area (Å²) in [6.45, 7) is 1.17. The number of carbonyl (C=O) groups is 2. The predicted molar refractivity (Wildman–Crippen MR) is 100 cm³/mol. The summed E-state index contributed by atoms with van der Waals surface area (Å²) in [6.07, 6.45) is 1.38. The zero-order valence-electron chi connectivity index (χ0n) is 14.9. The highest BCUT2D eigenvalue weighted by atomic mass is 16.2. The molecule has 1 aromatic carbocycles. The van der Waals surface area contributed by atoms with E-state index in [9.17, 15) is 19.2 Å². The number of fused-ring (bicyclic) bond motifs is 1. The summed E-state index contributed by atoms with van der Waals surface area (Å²) in [4.78, 5) is 53.7. The number of likely N-dealkylation sites (tertiary alicyclic amines) is 1. The van der Waals surface area contributed by atoms with Crippen LogP contribution in [0.3, 0.4) is 0 Å². The first kappa shape index (κ1) is 18.8. The topological polar surface area (TPSA) is 130 Å². The van der Waals surface area contributed by atoms with Crippen LogP contribution in [0.25, 0.3) is 10.9 Å². The van der Waals surface area contributed by atoms with Gasteiger partial charge in [-0.25, -0.2) is 4.79 Å². The van der Waals surface area contributed by atoms with Gasteiger partial charge in [-0.2, -0.15) is 0 Å². The fraction of sp³-hybridized carbons (Fsp3) is 0.444. The van der Waals surface area contributed by atoms with Crippen LogP contribution in [0.4, 0.5) is 0 Å². The van der Waals surface area contributed by atoms with Crippen molar-refractivity contribution in [2.24, 2.45) is 11.7 Å². The molecule has 27 heavy (non-hydrogen) atoms. The lowest BCUT2D eigenvalue weighted by Crippen LogP contribution is -2.48. The Morgan fingerprint density at radius 3 is 2.81 bits per heavy atom. The van der Waals surface area contributed by atoms with Gasteiger partial charge in [0.15, 0.2) is 0 Å². The Balaban J connectivity index is 1.75. The van der Waals surface area contributed by atoms with E-state index in [2.05, 4.69) is 10.3 Å². The predicted octanol–water partition coefficient (Wildman–Crippen LogP) is -0.997. The molecule has 0 bridgehead atoms. The molecule has 0 aliphatic carbocycles. The van der Waals surface area contributed by atoms with Crippen molar-refractivity contribution in [2.45, 2.75) is 19.4 Å². The number of hydrogen-bond donors (Lipinski definition) is 3. The summed E-state index contributed by atoms with van der Waals surface area (Å²) in [5.74, 6) is -0.784. The Kier molecular flexibility index (Phi) is 5.70. The highest BCUT2D eigenvalue weighted by molar-refractivity contribution is 5.82. The fourth-order valence-corrected chi connectivity index (χ4v) is 3.34. The van der Waals surface area contributed by atoms with Crippen molar-refractivity contribution in [1.29, 1.82) is 0 Å². The monoisotopic (exact) mass is 373 g/mol. The third-order valence-electron chi connectivity index (χ3n) is 4.77. The van der Waals surface area contributed by atoms with Crippen molar-refractivity contribution in [3.63, 3.8) is 0 Å². The number of amides is 2. The lowest BCUT2D eigenvalue weighted by atomic mass is 9.97. The molecule has 2 heterocycles. The minimum absolute atomic E-state index is 0.126. The van der Waals surface area contributed by atoms with Crippen LogP contribution in [0.5, 0.6) is 0 Å². The van der Waals surface area contributed by atoms with Gasteiger partial charge in [-0.3, -0.25) is 19.0 Å². The second kappa shape index (κ2) is 8.17. The molecule has 0 saturated carbocycles. The number of rotatable bonds is 5. The maximum Gasteiger partial charge on any atom is 0.329 e. The summed E-state index contributed by atoms with van der Waals surface area (Å²) in [5, 5.41) is 3.09. The first-order valence-electron chi connectivity index (χ1n) is 8.98. The Hall–Kier alpha value is -2.94. The van der Waals surface area contributed by atoms with Crippen LogP contribution < -0.4 is 22.3 Å². The van der Waals surface area contributed by atoms with Gasteiger partial charge in [-0.15, -0.1) is 0 Å². The molecule has 2 aromatic rings. The summed E-state index contributed by atoms with van der Waals surface area (Å²) >= 11 is 0. The van der Waals surface area contributed by atoms with Crippen molar-refractivity contribution in [3.05, 3.63) is 45.1 Å². The molecule has 9 heteroatoms. The number of nitrogens with one attached hydrogen (secondary N) is 2. The van der Waals surface area contributed by atoms with E-state index in [1.807, 2.05) is 0 Å². The number of aromatic nitrogens is 2. The van der Waals surface area contributed by atoms with E-state index in [0.717, 1.165) is 4.57 Å². The number of nitrogens with two attached hydrogens (primary N) is 1. The summed E-state index contributed by atoms with van der Waals surface area (Å²) in [5.41, 5.74) is 4.70. The van der Waals surface area contributed by atoms with E-state index >= 15 is 0 Å². The van der Waals surface area contributed by atoms with Crippen molar-refractivity contribution in [1.82, 2.24) is 19.8 Å². The molecule has 144 valence electrons. The fourth-order valence-electron chi connectivity index (χ4n) is 3.34. The molecular weight excluding hydrogens is 350 g/mol. The van der Waals surface area contributed by atoms with Gasteiger partial charge < -0.3 is 20.9 Å².